The minimum Gasteiger partial charge on any atom is -0.329 e. The second-order valence-corrected chi connectivity index (χ2v) is 7.05. The summed E-state index contributed by atoms with van der Waals surface area (Å²) in [6, 6.07) is 0.641. The summed E-state index contributed by atoms with van der Waals surface area (Å²) in [6.45, 7) is 10.2. The van der Waals surface area contributed by atoms with Crippen LogP contribution in [0.4, 0.5) is 0 Å². The SMILES string of the molecule is CC(C)CC(C)N(C)C1(CN)CCCC(C)CC1. The zero-order valence-corrected chi connectivity index (χ0v) is 13.2. The number of nitrogens with zero attached hydrogens (tertiary/aromatic N) is 1. The van der Waals surface area contributed by atoms with Crippen molar-refractivity contribution in [1.82, 2.24) is 4.90 Å². The number of hydrogen-bond donors (Lipinski definition) is 1. The van der Waals surface area contributed by atoms with Crippen molar-refractivity contribution in [3.63, 3.8) is 0 Å². The van der Waals surface area contributed by atoms with Gasteiger partial charge < -0.3 is 5.73 Å². The Bertz CT molecular complexity index is 239. The molecule has 0 amide bonds. The summed E-state index contributed by atoms with van der Waals surface area (Å²) in [5.41, 5.74) is 6.44. The summed E-state index contributed by atoms with van der Waals surface area (Å²) >= 11 is 0. The van der Waals surface area contributed by atoms with Crippen molar-refractivity contribution in [1.29, 1.82) is 0 Å². The minimum absolute atomic E-state index is 0.263. The largest absolute Gasteiger partial charge is 0.329 e. The Morgan fingerprint density at radius 2 is 1.89 bits per heavy atom. The molecule has 3 unspecified atom stereocenters. The van der Waals surface area contributed by atoms with E-state index >= 15 is 0 Å². The predicted molar refractivity (Wildman–Crippen MR) is 80.7 cm³/mol. The lowest BCUT2D eigenvalue weighted by molar-refractivity contribution is 0.0598. The third kappa shape index (κ3) is 3.96. The van der Waals surface area contributed by atoms with E-state index in [-0.39, 0.29) is 5.54 Å². The number of likely N-dealkylation sites (N-methyl/N-ethyl adjacent to an activating group) is 1. The molecule has 108 valence electrons. The zero-order chi connectivity index (χ0) is 13.8. The Morgan fingerprint density at radius 1 is 1.22 bits per heavy atom. The Hall–Kier alpha value is -0.0800. The van der Waals surface area contributed by atoms with E-state index in [9.17, 15) is 0 Å². The highest BCUT2D eigenvalue weighted by molar-refractivity contribution is 4.94. The van der Waals surface area contributed by atoms with Crippen molar-refractivity contribution in [2.75, 3.05) is 13.6 Å². The fourth-order valence-corrected chi connectivity index (χ4v) is 3.57. The predicted octanol–water partition coefficient (Wildman–Crippen LogP) is 3.65. The highest BCUT2D eigenvalue weighted by Gasteiger charge is 2.36. The van der Waals surface area contributed by atoms with Crippen LogP contribution in [0.5, 0.6) is 0 Å². The Balaban J connectivity index is 2.72. The Kier molecular flexibility index (Phi) is 6.13. The number of nitrogens with two attached hydrogens (primary N) is 1. The van der Waals surface area contributed by atoms with E-state index in [0.29, 0.717) is 6.04 Å². The van der Waals surface area contributed by atoms with Gasteiger partial charge in [-0.25, -0.2) is 0 Å². The highest BCUT2D eigenvalue weighted by atomic mass is 15.2. The van der Waals surface area contributed by atoms with Gasteiger partial charge in [-0.3, -0.25) is 4.90 Å². The van der Waals surface area contributed by atoms with E-state index in [1.54, 1.807) is 0 Å². The van der Waals surface area contributed by atoms with Crippen molar-refractivity contribution in [3.8, 4) is 0 Å². The van der Waals surface area contributed by atoms with E-state index in [1.165, 1.54) is 38.5 Å². The third-order valence-electron chi connectivity index (χ3n) is 5.04. The smallest absolute Gasteiger partial charge is 0.0331 e. The second kappa shape index (κ2) is 6.91. The van der Waals surface area contributed by atoms with Crippen molar-refractivity contribution in [2.45, 2.75) is 77.8 Å². The van der Waals surface area contributed by atoms with Crippen LogP contribution in [-0.4, -0.2) is 30.1 Å². The topological polar surface area (TPSA) is 29.3 Å². The molecule has 0 bridgehead atoms. The highest BCUT2D eigenvalue weighted by Crippen LogP contribution is 2.35. The first kappa shape index (κ1) is 16.0. The molecule has 1 aliphatic rings. The fourth-order valence-electron chi connectivity index (χ4n) is 3.57. The normalized spacial score (nSPS) is 31.7. The summed E-state index contributed by atoms with van der Waals surface area (Å²) in [5, 5.41) is 0. The maximum atomic E-state index is 6.18. The van der Waals surface area contributed by atoms with Crippen molar-refractivity contribution >= 4 is 0 Å². The quantitative estimate of drug-likeness (QED) is 0.759. The average Bonchev–Trinajstić information content (AvgIpc) is 2.50. The minimum atomic E-state index is 0.263. The lowest BCUT2D eigenvalue weighted by Gasteiger charge is -2.45. The molecule has 2 nitrogen and oxygen atoms in total. The summed E-state index contributed by atoms with van der Waals surface area (Å²) in [6.07, 6.45) is 7.91. The van der Waals surface area contributed by atoms with E-state index in [2.05, 4.69) is 39.6 Å². The van der Waals surface area contributed by atoms with Crippen molar-refractivity contribution < 1.29 is 0 Å². The van der Waals surface area contributed by atoms with E-state index in [0.717, 1.165) is 18.4 Å². The molecule has 1 rings (SSSR count). The first-order valence-corrected chi connectivity index (χ1v) is 7.84. The molecule has 1 fully saturated rings. The maximum Gasteiger partial charge on any atom is 0.0331 e. The molecule has 0 heterocycles. The van der Waals surface area contributed by atoms with Crippen LogP contribution in [-0.2, 0) is 0 Å². The molecule has 18 heavy (non-hydrogen) atoms. The Labute approximate surface area is 114 Å². The second-order valence-electron chi connectivity index (χ2n) is 7.05. The number of rotatable bonds is 5. The van der Waals surface area contributed by atoms with Crippen LogP contribution in [0.15, 0.2) is 0 Å². The molecule has 0 aromatic rings. The lowest BCUT2D eigenvalue weighted by Crippen LogP contribution is -2.55. The van der Waals surface area contributed by atoms with Crippen LogP contribution in [0.2, 0.25) is 0 Å². The molecule has 2 heteroatoms. The number of hydrogen-bond acceptors (Lipinski definition) is 2. The summed E-state index contributed by atoms with van der Waals surface area (Å²) < 4.78 is 0. The van der Waals surface area contributed by atoms with Gasteiger partial charge in [0.25, 0.3) is 0 Å². The first-order valence-electron chi connectivity index (χ1n) is 7.84. The zero-order valence-electron chi connectivity index (χ0n) is 13.2. The molecule has 0 aromatic carbocycles. The molecule has 1 saturated carbocycles. The van der Waals surface area contributed by atoms with Crippen LogP contribution in [0.3, 0.4) is 0 Å². The Morgan fingerprint density at radius 3 is 2.44 bits per heavy atom. The van der Waals surface area contributed by atoms with Gasteiger partial charge in [-0.2, -0.15) is 0 Å². The van der Waals surface area contributed by atoms with Gasteiger partial charge in [-0.15, -0.1) is 0 Å². The molecular weight excluding hydrogens is 220 g/mol. The van der Waals surface area contributed by atoms with Crippen LogP contribution in [0, 0.1) is 11.8 Å². The van der Waals surface area contributed by atoms with Crippen LogP contribution >= 0.6 is 0 Å². The molecule has 0 radical (unpaired) electrons. The van der Waals surface area contributed by atoms with Crippen molar-refractivity contribution in [3.05, 3.63) is 0 Å². The molecule has 0 aromatic heterocycles. The van der Waals surface area contributed by atoms with Crippen LogP contribution in [0.25, 0.3) is 0 Å². The van der Waals surface area contributed by atoms with Crippen LogP contribution in [0.1, 0.15) is 66.2 Å². The molecule has 3 atom stereocenters. The fraction of sp³-hybridized carbons (Fsp3) is 1.00. The van der Waals surface area contributed by atoms with E-state index in [1.807, 2.05) is 0 Å². The standard InChI is InChI=1S/C16H34N2/c1-13(2)11-15(4)18(5)16(12-17)9-6-7-14(3)8-10-16/h13-15H,6-12,17H2,1-5H3. The molecule has 0 saturated heterocycles. The molecular formula is C16H34N2. The first-order chi connectivity index (χ1) is 8.41. The van der Waals surface area contributed by atoms with Gasteiger partial charge in [0.1, 0.15) is 0 Å². The van der Waals surface area contributed by atoms with Crippen LogP contribution < -0.4 is 5.73 Å². The van der Waals surface area contributed by atoms with Gasteiger partial charge in [0.05, 0.1) is 0 Å². The van der Waals surface area contributed by atoms with E-state index in [4.69, 9.17) is 5.73 Å². The molecule has 0 spiro atoms. The molecule has 2 N–H and O–H groups in total. The monoisotopic (exact) mass is 254 g/mol. The third-order valence-corrected chi connectivity index (χ3v) is 5.04. The van der Waals surface area contributed by atoms with Gasteiger partial charge in [-0.1, -0.05) is 33.6 Å². The summed E-state index contributed by atoms with van der Waals surface area (Å²) in [4.78, 5) is 2.60. The van der Waals surface area contributed by atoms with Gasteiger partial charge >= 0.3 is 0 Å². The van der Waals surface area contributed by atoms with Gasteiger partial charge in [0.2, 0.25) is 0 Å². The summed E-state index contributed by atoms with van der Waals surface area (Å²) in [5.74, 6) is 1.65. The van der Waals surface area contributed by atoms with Gasteiger partial charge in [0, 0.05) is 18.1 Å². The van der Waals surface area contributed by atoms with Gasteiger partial charge in [0.15, 0.2) is 0 Å². The maximum absolute atomic E-state index is 6.18. The molecule has 1 aliphatic carbocycles. The van der Waals surface area contributed by atoms with Gasteiger partial charge in [-0.05, 0) is 51.5 Å². The summed E-state index contributed by atoms with van der Waals surface area (Å²) in [7, 11) is 2.30. The van der Waals surface area contributed by atoms with E-state index < -0.39 is 0 Å². The lowest BCUT2D eigenvalue weighted by atomic mass is 9.86. The van der Waals surface area contributed by atoms with Crippen molar-refractivity contribution in [2.24, 2.45) is 17.6 Å². The molecule has 0 aliphatic heterocycles. The average molecular weight is 254 g/mol.